The maximum atomic E-state index is 4.92. The molecule has 3 rings (SSSR count). The summed E-state index contributed by atoms with van der Waals surface area (Å²) in [6.45, 7) is 10.8. The summed E-state index contributed by atoms with van der Waals surface area (Å²) in [5.74, 6) is 1.04. The van der Waals surface area contributed by atoms with E-state index in [-0.39, 0.29) is 0 Å². The Morgan fingerprint density at radius 1 is 1.22 bits per heavy atom. The van der Waals surface area contributed by atoms with Gasteiger partial charge in [-0.1, -0.05) is 11.6 Å². The van der Waals surface area contributed by atoms with Gasteiger partial charge >= 0.3 is 0 Å². The van der Waals surface area contributed by atoms with Crippen molar-refractivity contribution in [3.8, 4) is 0 Å². The van der Waals surface area contributed by atoms with Gasteiger partial charge in [-0.3, -0.25) is 9.89 Å². The topological polar surface area (TPSA) is 60.1 Å². The zero-order valence-corrected chi connectivity index (χ0v) is 17.1. The Labute approximate surface area is 163 Å². The van der Waals surface area contributed by atoms with Gasteiger partial charge in [0.2, 0.25) is 0 Å². The first-order valence-corrected chi connectivity index (χ1v) is 10.6. The number of unbranched alkanes of at least 4 members (excludes halogenated alkanes) is 1. The third-order valence-electron chi connectivity index (χ3n) is 5.86. The highest BCUT2D eigenvalue weighted by atomic mass is 16.5. The molecule has 0 amide bonds. The highest BCUT2D eigenvalue weighted by Gasteiger charge is 2.20. The third-order valence-corrected chi connectivity index (χ3v) is 5.86. The highest BCUT2D eigenvalue weighted by molar-refractivity contribution is 5.79. The van der Waals surface area contributed by atoms with Crippen molar-refractivity contribution < 1.29 is 4.52 Å². The lowest BCUT2D eigenvalue weighted by molar-refractivity contribution is 0.158. The second-order valence-corrected chi connectivity index (χ2v) is 7.82. The molecule has 0 aromatic carbocycles. The Bertz CT molecular complexity index is 553. The van der Waals surface area contributed by atoms with E-state index in [1.54, 1.807) is 6.26 Å². The highest BCUT2D eigenvalue weighted by Crippen LogP contribution is 2.16. The number of rotatable bonds is 7. The molecular weight excluding hydrogens is 340 g/mol. The summed E-state index contributed by atoms with van der Waals surface area (Å²) in [5.41, 5.74) is 1.01. The monoisotopic (exact) mass is 376 g/mol. The fourth-order valence-electron chi connectivity index (χ4n) is 4.13. The standard InChI is InChI=1S/C20H36N6O/c1-18-7-3-5-10-25(18)11-6-4-9-22-20(21-2)26-14-12-24(13-15-26)17-19-8-16-27-23-19/h8,16,18H,3-7,9-15,17H2,1-2H3,(H,21,22). The molecule has 27 heavy (non-hydrogen) atoms. The minimum atomic E-state index is 0.771. The summed E-state index contributed by atoms with van der Waals surface area (Å²) in [5, 5.41) is 7.57. The molecule has 3 heterocycles. The summed E-state index contributed by atoms with van der Waals surface area (Å²) < 4.78 is 4.92. The zero-order valence-electron chi connectivity index (χ0n) is 17.1. The van der Waals surface area contributed by atoms with E-state index < -0.39 is 0 Å². The summed E-state index contributed by atoms with van der Waals surface area (Å²) in [6, 6.07) is 2.71. The predicted octanol–water partition coefficient (Wildman–Crippen LogP) is 2.02. The van der Waals surface area contributed by atoms with Crippen molar-refractivity contribution in [2.24, 2.45) is 4.99 Å². The van der Waals surface area contributed by atoms with Crippen LogP contribution in [0.3, 0.4) is 0 Å². The molecule has 1 unspecified atom stereocenters. The fourth-order valence-corrected chi connectivity index (χ4v) is 4.13. The van der Waals surface area contributed by atoms with Crippen LogP contribution in [0.4, 0.5) is 0 Å². The summed E-state index contributed by atoms with van der Waals surface area (Å²) >= 11 is 0. The van der Waals surface area contributed by atoms with E-state index >= 15 is 0 Å². The Morgan fingerprint density at radius 3 is 2.78 bits per heavy atom. The van der Waals surface area contributed by atoms with Gasteiger partial charge in [-0.2, -0.15) is 0 Å². The van der Waals surface area contributed by atoms with Crippen LogP contribution in [0, 0.1) is 0 Å². The van der Waals surface area contributed by atoms with Crippen LogP contribution < -0.4 is 5.32 Å². The molecule has 7 heteroatoms. The first-order valence-electron chi connectivity index (χ1n) is 10.6. The average molecular weight is 377 g/mol. The number of aliphatic imine (C=N–C) groups is 1. The number of hydrogen-bond donors (Lipinski definition) is 1. The van der Waals surface area contributed by atoms with Gasteiger partial charge in [0, 0.05) is 58.4 Å². The van der Waals surface area contributed by atoms with Crippen LogP contribution in [0.25, 0.3) is 0 Å². The van der Waals surface area contributed by atoms with Crippen LogP contribution in [0.15, 0.2) is 21.8 Å². The number of piperazine rings is 1. The van der Waals surface area contributed by atoms with Gasteiger partial charge in [-0.25, -0.2) is 0 Å². The van der Waals surface area contributed by atoms with Crippen molar-refractivity contribution in [3.63, 3.8) is 0 Å². The van der Waals surface area contributed by atoms with Crippen molar-refractivity contribution in [2.45, 2.75) is 51.6 Å². The molecule has 1 aromatic rings. The molecule has 0 spiro atoms. The van der Waals surface area contributed by atoms with Gasteiger partial charge in [0.15, 0.2) is 5.96 Å². The molecule has 0 radical (unpaired) electrons. The second-order valence-electron chi connectivity index (χ2n) is 7.82. The molecule has 1 aromatic heterocycles. The minimum Gasteiger partial charge on any atom is -0.364 e. The van der Waals surface area contributed by atoms with E-state index in [9.17, 15) is 0 Å². The van der Waals surface area contributed by atoms with Crippen molar-refractivity contribution in [2.75, 3.05) is 52.9 Å². The minimum absolute atomic E-state index is 0.771. The normalized spacial score (nSPS) is 23.0. The second kappa shape index (κ2) is 10.7. The summed E-state index contributed by atoms with van der Waals surface area (Å²) in [4.78, 5) is 11.9. The SMILES string of the molecule is CN=C(NCCCCN1CCCCC1C)N1CCN(Cc2ccon2)CC1. The number of nitrogens with zero attached hydrogens (tertiary/aromatic N) is 5. The van der Waals surface area contributed by atoms with Crippen molar-refractivity contribution in [1.29, 1.82) is 0 Å². The van der Waals surface area contributed by atoms with Crippen LogP contribution in [0.1, 0.15) is 44.7 Å². The number of piperidine rings is 1. The van der Waals surface area contributed by atoms with Crippen LogP contribution >= 0.6 is 0 Å². The van der Waals surface area contributed by atoms with Gasteiger partial charge in [0.1, 0.15) is 6.26 Å². The van der Waals surface area contributed by atoms with Crippen molar-refractivity contribution >= 4 is 5.96 Å². The lowest BCUT2D eigenvalue weighted by Gasteiger charge is -2.36. The van der Waals surface area contributed by atoms with Crippen LogP contribution in [0.2, 0.25) is 0 Å². The average Bonchev–Trinajstić information content (AvgIpc) is 3.20. The molecule has 2 aliphatic rings. The first-order chi connectivity index (χ1) is 13.3. The maximum absolute atomic E-state index is 4.92. The van der Waals surface area contributed by atoms with E-state index in [4.69, 9.17) is 4.52 Å². The molecular formula is C20H36N6O. The Kier molecular flexibility index (Phi) is 7.95. The summed E-state index contributed by atoms with van der Waals surface area (Å²) in [6.07, 6.45) is 8.25. The number of likely N-dealkylation sites (tertiary alicyclic amines) is 1. The number of guanidine groups is 1. The van der Waals surface area contributed by atoms with E-state index in [0.29, 0.717) is 0 Å². The van der Waals surface area contributed by atoms with Crippen molar-refractivity contribution in [3.05, 3.63) is 18.0 Å². The maximum Gasteiger partial charge on any atom is 0.193 e. The predicted molar refractivity (Wildman–Crippen MR) is 109 cm³/mol. The Balaban J connectivity index is 1.30. The molecule has 152 valence electrons. The lowest BCUT2D eigenvalue weighted by Crippen LogP contribution is -2.52. The van der Waals surface area contributed by atoms with Gasteiger partial charge in [-0.15, -0.1) is 0 Å². The Hall–Kier alpha value is -1.60. The summed E-state index contributed by atoms with van der Waals surface area (Å²) in [7, 11) is 1.89. The molecule has 0 aliphatic carbocycles. The first kappa shape index (κ1) is 20.1. The lowest BCUT2D eigenvalue weighted by atomic mass is 10.0. The molecule has 1 N–H and O–H groups in total. The smallest absolute Gasteiger partial charge is 0.193 e. The molecule has 2 saturated heterocycles. The fraction of sp³-hybridized carbons (Fsp3) is 0.800. The van der Waals surface area contributed by atoms with Gasteiger partial charge in [-0.05, 0) is 45.7 Å². The molecule has 0 bridgehead atoms. The zero-order chi connectivity index (χ0) is 18.9. The Morgan fingerprint density at radius 2 is 2.07 bits per heavy atom. The van der Waals surface area contributed by atoms with E-state index in [1.165, 1.54) is 45.2 Å². The molecule has 0 saturated carbocycles. The van der Waals surface area contributed by atoms with E-state index in [1.807, 2.05) is 13.1 Å². The molecule has 1 atom stereocenters. The van der Waals surface area contributed by atoms with Crippen LogP contribution in [-0.2, 0) is 6.54 Å². The van der Waals surface area contributed by atoms with Gasteiger partial charge in [0.25, 0.3) is 0 Å². The molecule has 2 aliphatic heterocycles. The molecule has 7 nitrogen and oxygen atoms in total. The van der Waals surface area contributed by atoms with Gasteiger partial charge in [0.05, 0.1) is 5.69 Å². The van der Waals surface area contributed by atoms with Crippen molar-refractivity contribution in [1.82, 2.24) is 25.2 Å². The van der Waals surface area contributed by atoms with Gasteiger partial charge < -0.3 is 19.6 Å². The largest absolute Gasteiger partial charge is 0.364 e. The third kappa shape index (κ3) is 6.21. The number of hydrogen-bond acceptors (Lipinski definition) is 5. The van der Waals surface area contributed by atoms with Crippen LogP contribution in [0.5, 0.6) is 0 Å². The number of nitrogens with one attached hydrogen (secondary N) is 1. The van der Waals surface area contributed by atoms with Crippen LogP contribution in [-0.4, -0.2) is 84.7 Å². The molecule has 2 fully saturated rings. The quantitative estimate of drug-likeness (QED) is 0.446. The van der Waals surface area contributed by atoms with E-state index in [2.05, 4.69) is 37.1 Å². The van der Waals surface area contributed by atoms with E-state index in [0.717, 1.165) is 57.0 Å². The number of aromatic nitrogens is 1.